The first kappa shape index (κ1) is 13.5. The van der Waals surface area contributed by atoms with Gasteiger partial charge in [0.05, 0.1) is 5.69 Å². The maximum atomic E-state index is 14.3. The third kappa shape index (κ3) is 2.74. The molecule has 0 unspecified atom stereocenters. The number of hydrogen-bond acceptors (Lipinski definition) is 3. The average Bonchev–Trinajstić information content (AvgIpc) is 2.30. The lowest BCUT2D eigenvalue weighted by molar-refractivity contribution is 0.290. The van der Waals surface area contributed by atoms with Crippen LogP contribution in [0.5, 0.6) is 0 Å². The Balaban J connectivity index is 2.35. The number of aromatic nitrogens is 2. The fourth-order valence-corrected chi connectivity index (χ4v) is 2.68. The highest BCUT2D eigenvalue weighted by molar-refractivity contribution is 6.28. The van der Waals surface area contributed by atoms with Crippen LogP contribution >= 0.6 is 11.6 Å². The molecule has 0 saturated carbocycles. The number of halogens is 2. The first-order chi connectivity index (χ1) is 8.43. The molecule has 1 aromatic rings. The molecule has 5 heteroatoms. The van der Waals surface area contributed by atoms with Gasteiger partial charge in [0.25, 0.3) is 0 Å². The summed E-state index contributed by atoms with van der Waals surface area (Å²) in [6.07, 6.45) is 2.73. The first-order valence-electron chi connectivity index (χ1n) is 6.40. The SMILES string of the molecule is CCc1nc(Cl)nc(N2CCCC(C)(C)C2)c1F. The molecule has 0 N–H and O–H groups in total. The van der Waals surface area contributed by atoms with Crippen LogP contribution in [0.3, 0.4) is 0 Å². The maximum Gasteiger partial charge on any atom is 0.224 e. The van der Waals surface area contributed by atoms with Crippen LogP contribution in [0.4, 0.5) is 10.2 Å². The Morgan fingerprint density at radius 1 is 1.39 bits per heavy atom. The van der Waals surface area contributed by atoms with Crippen LogP contribution in [0.2, 0.25) is 5.28 Å². The van der Waals surface area contributed by atoms with Crippen LogP contribution in [-0.2, 0) is 6.42 Å². The highest BCUT2D eigenvalue weighted by Crippen LogP contribution is 2.32. The standard InChI is InChI=1S/C13H19ClFN3/c1-4-9-10(15)11(17-12(14)16-9)18-7-5-6-13(2,3)8-18/h4-8H2,1-3H3. The molecular formula is C13H19ClFN3. The van der Waals surface area contributed by atoms with Crippen molar-refractivity contribution in [2.45, 2.75) is 40.0 Å². The van der Waals surface area contributed by atoms with E-state index in [1.54, 1.807) is 0 Å². The van der Waals surface area contributed by atoms with Gasteiger partial charge in [-0.1, -0.05) is 20.8 Å². The zero-order valence-corrected chi connectivity index (χ0v) is 11.9. The van der Waals surface area contributed by atoms with E-state index in [9.17, 15) is 4.39 Å². The summed E-state index contributed by atoms with van der Waals surface area (Å²) < 4.78 is 14.3. The van der Waals surface area contributed by atoms with Crippen molar-refractivity contribution in [3.05, 3.63) is 16.8 Å². The Morgan fingerprint density at radius 3 is 2.72 bits per heavy atom. The molecule has 3 nitrogen and oxygen atoms in total. The molecule has 100 valence electrons. The van der Waals surface area contributed by atoms with Crippen LogP contribution in [0, 0.1) is 11.2 Å². The van der Waals surface area contributed by atoms with Gasteiger partial charge in [-0.15, -0.1) is 0 Å². The summed E-state index contributed by atoms with van der Waals surface area (Å²) >= 11 is 5.88. The minimum Gasteiger partial charge on any atom is -0.353 e. The van der Waals surface area contributed by atoms with E-state index >= 15 is 0 Å². The van der Waals surface area contributed by atoms with Gasteiger partial charge >= 0.3 is 0 Å². The van der Waals surface area contributed by atoms with Crippen LogP contribution < -0.4 is 4.90 Å². The van der Waals surface area contributed by atoms with Crippen molar-refractivity contribution in [3.63, 3.8) is 0 Å². The number of aryl methyl sites for hydroxylation is 1. The molecule has 0 bridgehead atoms. The van der Waals surface area contributed by atoms with Crippen LogP contribution in [0.25, 0.3) is 0 Å². The largest absolute Gasteiger partial charge is 0.353 e. The molecule has 1 aliphatic rings. The Bertz CT molecular complexity index is 448. The van der Waals surface area contributed by atoms with Gasteiger partial charge in [-0.25, -0.2) is 9.37 Å². The van der Waals surface area contributed by atoms with Gasteiger partial charge in [0.15, 0.2) is 11.6 Å². The molecule has 0 atom stereocenters. The zero-order chi connectivity index (χ0) is 13.3. The summed E-state index contributed by atoms with van der Waals surface area (Å²) in [6, 6.07) is 0. The summed E-state index contributed by atoms with van der Waals surface area (Å²) in [5.41, 5.74) is 0.586. The highest BCUT2D eigenvalue weighted by atomic mass is 35.5. The van der Waals surface area contributed by atoms with E-state index in [0.717, 1.165) is 25.9 Å². The van der Waals surface area contributed by atoms with E-state index in [2.05, 4.69) is 23.8 Å². The van der Waals surface area contributed by atoms with Gasteiger partial charge in [-0.05, 0) is 36.3 Å². The van der Waals surface area contributed by atoms with Gasteiger partial charge in [0, 0.05) is 13.1 Å². The maximum absolute atomic E-state index is 14.3. The molecule has 1 aliphatic heterocycles. The van der Waals surface area contributed by atoms with E-state index in [4.69, 9.17) is 11.6 Å². The minimum absolute atomic E-state index is 0.131. The molecule has 0 aliphatic carbocycles. The molecule has 0 radical (unpaired) electrons. The summed E-state index contributed by atoms with van der Waals surface area (Å²) in [5, 5.41) is 0.131. The van der Waals surface area contributed by atoms with Gasteiger partial charge in [-0.3, -0.25) is 0 Å². The van der Waals surface area contributed by atoms with Crippen LogP contribution in [-0.4, -0.2) is 23.1 Å². The van der Waals surface area contributed by atoms with Crippen molar-refractivity contribution in [2.24, 2.45) is 5.41 Å². The van der Waals surface area contributed by atoms with E-state index < -0.39 is 0 Å². The van der Waals surface area contributed by atoms with Crippen molar-refractivity contribution >= 4 is 17.4 Å². The Labute approximate surface area is 112 Å². The van der Waals surface area contributed by atoms with Gasteiger partial charge in [0.1, 0.15) is 0 Å². The zero-order valence-electron chi connectivity index (χ0n) is 11.1. The minimum atomic E-state index is -0.320. The average molecular weight is 272 g/mol. The molecule has 1 saturated heterocycles. The van der Waals surface area contributed by atoms with E-state index in [1.807, 2.05) is 11.8 Å². The van der Waals surface area contributed by atoms with Crippen molar-refractivity contribution in [1.82, 2.24) is 9.97 Å². The van der Waals surface area contributed by atoms with Gasteiger partial charge in [-0.2, -0.15) is 4.98 Å². The topological polar surface area (TPSA) is 29.0 Å². The Hall–Kier alpha value is -0.900. The molecule has 18 heavy (non-hydrogen) atoms. The number of nitrogens with zero attached hydrogens (tertiary/aromatic N) is 3. The van der Waals surface area contributed by atoms with Gasteiger partial charge in [0.2, 0.25) is 5.28 Å². The van der Waals surface area contributed by atoms with Crippen molar-refractivity contribution < 1.29 is 4.39 Å². The summed E-state index contributed by atoms with van der Waals surface area (Å²) in [7, 11) is 0. The normalized spacial score (nSPS) is 19.1. The number of anilines is 1. The quantitative estimate of drug-likeness (QED) is 0.772. The lowest BCUT2D eigenvalue weighted by Crippen LogP contribution is -2.41. The Kier molecular flexibility index (Phi) is 3.76. The number of rotatable bonds is 2. The van der Waals surface area contributed by atoms with E-state index in [1.165, 1.54) is 0 Å². The summed E-state index contributed by atoms with van der Waals surface area (Å²) in [6.45, 7) is 7.89. The van der Waals surface area contributed by atoms with Crippen LogP contribution in [0.15, 0.2) is 0 Å². The van der Waals surface area contributed by atoms with Crippen molar-refractivity contribution in [2.75, 3.05) is 18.0 Å². The van der Waals surface area contributed by atoms with Gasteiger partial charge < -0.3 is 4.90 Å². The fraction of sp³-hybridized carbons (Fsp3) is 0.692. The summed E-state index contributed by atoms with van der Waals surface area (Å²) in [4.78, 5) is 10.0. The second-order valence-electron chi connectivity index (χ2n) is 5.62. The lowest BCUT2D eigenvalue weighted by Gasteiger charge is -2.38. The molecule has 0 aromatic carbocycles. The summed E-state index contributed by atoms with van der Waals surface area (Å²) in [5.74, 6) is 0.0409. The van der Waals surface area contributed by atoms with E-state index in [0.29, 0.717) is 17.9 Å². The predicted octanol–water partition coefficient (Wildman–Crippen LogP) is 3.46. The second kappa shape index (κ2) is 5.00. The lowest BCUT2D eigenvalue weighted by atomic mass is 9.84. The Morgan fingerprint density at radius 2 is 2.11 bits per heavy atom. The van der Waals surface area contributed by atoms with Crippen molar-refractivity contribution in [1.29, 1.82) is 0 Å². The predicted molar refractivity (Wildman–Crippen MR) is 71.6 cm³/mol. The second-order valence-corrected chi connectivity index (χ2v) is 5.96. The number of hydrogen-bond donors (Lipinski definition) is 0. The molecule has 0 amide bonds. The molecule has 1 fully saturated rings. The molecule has 2 rings (SSSR count). The molecule has 2 heterocycles. The third-order valence-corrected chi connectivity index (χ3v) is 3.58. The first-order valence-corrected chi connectivity index (χ1v) is 6.77. The monoisotopic (exact) mass is 271 g/mol. The smallest absolute Gasteiger partial charge is 0.224 e. The van der Waals surface area contributed by atoms with E-state index in [-0.39, 0.29) is 16.5 Å². The molecular weight excluding hydrogens is 253 g/mol. The van der Waals surface area contributed by atoms with Crippen molar-refractivity contribution in [3.8, 4) is 0 Å². The highest BCUT2D eigenvalue weighted by Gasteiger charge is 2.29. The molecule has 1 aromatic heterocycles. The van der Waals surface area contributed by atoms with Crippen LogP contribution in [0.1, 0.15) is 39.3 Å². The molecule has 0 spiro atoms. The fourth-order valence-electron chi connectivity index (χ4n) is 2.50. The number of piperidine rings is 1. The third-order valence-electron chi connectivity index (χ3n) is 3.41.